The van der Waals surface area contributed by atoms with Gasteiger partial charge in [-0.2, -0.15) is 0 Å². The van der Waals surface area contributed by atoms with Gasteiger partial charge in [0.2, 0.25) is 11.8 Å². The van der Waals surface area contributed by atoms with Crippen molar-refractivity contribution in [2.75, 3.05) is 20.2 Å². The molecule has 1 heterocycles. The van der Waals surface area contributed by atoms with Crippen LogP contribution in [0.25, 0.3) is 0 Å². The molecule has 0 radical (unpaired) electrons. The van der Waals surface area contributed by atoms with Crippen molar-refractivity contribution >= 4 is 17.8 Å². The van der Waals surface area contributed by atoms with Gasteiger partial charge in [-0.1, -0.05) is 6.07 Å². The number of amides is 2. The number of halogens is 1. The number of carbonyl (C=O) groups excluding carboxylic acids is 3. The first-order valence-electron chi connectivity index (χ1n) is 7.84. The molecule has 7 heteroatoms. The number of esters is 1. The number of nitrogens with zero attached hydrogens (tertiary/aromatic N) is 1. The molecule has 0 aliphatic carbocycles. The molecule has 1 aliphatic rings. The number of aryl methyl sites for hydroxylation is 1. The highest BCUT2D eigenvalue weighted by Gasteiger charge is 2.34. The number of rotatable bonds is 5. The molecule has 2 rings (SSSR count). The lowest BCUT2D eigenvalue weighted by Gasteiger charge is -2.36. The Hall–Kier alpha value is -2.44. The highest BCUT2D eigenvalue weighted by atomic mass is 19.1. The number of benzene rings is 1. The minimum Gasteiger partial charge on any atom is -0.469 e. The predicted octanol–water partition coefficient (Wildman–Crippen LogP) is 1.48. The largest absolute Gasteiger partial charge is 0.469 e. The first-order chi connectivity index (χ1) is 11.4. The zero-order chi connectivity index (χ0) is 17.7. The lowest BCUT2D eigenvalue weighted by atomic mass is 9.97. The van der Waals surface area contributed by atoms with Crippen molar-refractivity contribution in [3.63, 3.8) is 0 Å². The number of carbonyl (C=O) groups is 3. The van der Waals surface area contributed by atoms with Gasteiger partial charge in [0.05, 0.1) is 7.11 Å². The van der Waals surface area contributed by atoms with Crippen molar-refractivity contribution < 1.29 is 23.5 Å². The molecule has 0 aromatic heterocycles. The summed E-state index contributed by atoms with van der Waals surface area (Å²) in [5, 5.41) is 2.74. The molecule has 1 N–H and O–H groups in total. The van der Waals surface area contributed by atoms with E-state index in [1.54, 1.807) is 6.92 Å². The SMILES string of the molecule is COC(=O)CCCC(=O)N1CCNC(=O)[C@@H]1c1ccc(F)cc1C. The Morgan fingerprint density at radius 2 is 2.12 bits per heavy atom. The summed E-state index contributed by atoms with van der Waals surface area (Å²) in [4.78, 5) is 37.4. The van der Waals surface area contributed by atoms with Gasteiger partial charge < -0.3 is 15.0 Å². The number of hydrogen-bond acceptors (Lipinski definition) is 4. The molecular formula is C17H21FN2O4. The van der Waals surface area contributed by atoms with E-state index in [4.69, 9.17) is 0 Å². The van der Waals surface area contributed by atoms with Crippen LogP contribution in [0.2, 0.25) is 0 Å². The second kappa shape index (κ2) is 7.90. The molecule has 1 aromatic carbocycles. The lowest BCUT2D eigenvalue weighted by molar-refractivity contribution is -0.144. The third kappa shape index (κ3) is 4.10. The zero-order valence-electron chi connectivity index (χ0n) is 13.8. The molecule has 0 saturated carbocycles. The van der Waals surface area contributed by atoms with Gasteiger partial charge in [0.1, 0.15) is 11.9 Å². The molecule has 130 valence electrons. The fraction of sp³-hybridized carbons (Fsp3) is 0.471. The maximum absolute atomic E-state index is 13.3. The molecular weight excluding hydrogens is 315 g/mol. The quantitative estimate of drug-likeness (QED) is 0.827. The minimum atomic E-state index is -0.773. The molecule has 0 unspecified atom stereocenters. The van der Waals surface area contributed by atoms with Crippen LogP contribution in [0.15, 0.2) is 18.2 Å². The number of hydrogen-bond donors (Lipinski definition) is 1. The molecule has 0 bridgehead atoms. The minimum absolute atomic E-state index is 0.152. The third-order valence-electron chi connectivity index (χ3n) is 4.06. The Morgan fingerprint density at radius 3 is 2.79 bits per heavy atom. The van der Waals surface area contributed by atoms with Gasteiger partial charge in [0, 0.05) is 25.9 Å². The fourth-order valence-electron chi connectivity index (χ4n) is 2.82. The van der Waals surface area contributed by atoms with Crippen molar-refractivity contribution in [1.82, 2.24) is 10.2 Å². The summed E-state index contributed by atoms with van der Waals surface area (Å²) in [5.41, 5.74) is 1.22. The van der Waals surface area contributed by atoms with E-state index in [9.17, 15) is 18.8 Å². The van der Waals surface area contributed by atoms with Crippen LogP contribution in [0.3, 0.4) is 0 Å². The average Bonchev–Trinajstić information content (AvgIpc) is 2.55. The van der Waals surface area contributed by atoms with Crippen LogP contribution in [0.5, 0.6) is 0 Å². The van der Waals surface area contributed by atoms with Gasteiger partial charge in [-0.15, -0.1) is 0 Å². The van der Waals surface area contributed by atoms with Crippen LogP contribution in [-0.2, 0) is 19.1 Å². The first kappa shape index (κ1) is 17.9. The van der Waals surface area contributed by atoms with E-state index >= 15 is 0 Å². The Kier molecular flexibility index (Phi) is 5.89. The van der Waals surface area contributed by atoms with E-state index in [0.717, 1.165) is 0 Å². The number of methoxy groups -OCH3 is 1. The topological polar surface area (TPSA) is 75.7 Å². The molecule has 1 saturated heterocycles. The smallest absolute Gasteiger partial charge is 0.305 e. The summed E-state index contributed by atoms with van der Waals surface area (Å²) >= 11 is 0. The number of ether oxygens (including phenoxy) is 1. The molecule has 1 aliphatic heterocycles. The van der Waals surface area contributed by atoms with Gasteiger partial charge in [-0.25, -0.2) is 4.39 Å². The highest BCUT2D eigenvalue weighted by Crippen LogP contribution is 2.27. The van der Waals surface area contributed by atoms with Crippen LogP contribution in [0.1, 0.15) is 36.4 Å². The molecule has 24 heavy (non-hydrogen) atoms. The van der Waals surface area contributed by atoms with E-state index in [1.807, 2.05) is 0 Å². The Morgan fingerprint density at radius 1 is 1.38 bits per heavy atom. The second-order valence-electron chi connectivity index (χ2n) is 5.71. The monoisotopic (exact) mass is 336 g/mol. The molecule has 2 amide bonds. The third-order valence-corrected chi connectivity index (χ3v) is 4.06. The van der Waals surface area contributed by atoms with Gasteiger partial charge in [0.15, 0.2) is 0 Å². The number of piperazine rings is 1. The summed E-state index contributed by atoms with van der Waals surface area (Å²) in [6, 6.07) is 3.39. The molecule has 1 aromatic rings. The van der Waals surface area contributed by atoms with Crippen molar-refractivity contribution in [3.8, 4) is 0 Å². The van der Waals surface area contributed by atoms with Crippen LogP contribution >= 0.6 is 0 Å². The van der Waals surface area contributed by atoms with Gasteiger partial charge in [-0.05, 0) is 36.6 Å². The lowest BCUT2D eigenvalue weighted by Crippen LogP contribution is -2.52. The summed E-state index contributed by atoms with van der Waals surface area (Å²) in [6.45, 7) is 2.46. The van der Waals surface area contributed by atoms with E-state index < -0.39 is 6.04 Å². The summed E-state index contributed by atoms with van der Waals surface area (Å²) in [6.07, 6.45) is 0.667. The van der Waals surface area contributed by atoms with Crippen LogP contribution in [-0.4, -0.2) is 42.9 Å². The predicted molar refractivity (Wildman–Crippen MR) is 84.5 cm³/mol. The van der Waals surface area contributed by atoms with Gasteiger partial charge in [0.25, 0.3) is 0 Å². The standard InChI is InChI=1S/C17H21FN2O4/c1-11-10-12(18)6-7-13(11)16-17(23)19-8-9-20(16)14(21)4-3-5-15(22)24-2/h6-7,10,16H,3-5,8-9H2,1-2H3,(H,19,23)/t16-/m0/s1. The maximum Gasteiger partial charge on any atom is 0.305 e. The van der Waals surface area contributed by atoms with E-state index in [2.05, 4.69) is 10.1 Å². The highest BCUT2D eigenvalue weighted by molar-refractivity contribution is 5.90. The Bertz CT molecular complexity index is 647. The summed E-state index contributed by atoms with van der Waals surface area (Å²) in [5.74, 6) is -1.24. The van der Waals surface area contributed by atoms with Gasteiger partial charge >= 0.3 is 5.97 Å². The fourth-order valence-corrected chi connectivity index (χ4v) is 2.82. The Labute approximate surface area is 140 Å². The van der Waals surface area contributed by atoms with Crippen LogP contribution in [0, 0.1) is 12.7 Å². The van der Waals surface area contributed by atoms with Crippen LogP contribution < -0.4 is 5.32 Å². The van der Waals surface area contributed by atoms with Crippen molar-refractivity contribution in [2.45, 2.75) is 32.2 Å². The second-order valence-corrected chi connectivity index (χ2v) is 5.71. The summed E-state index contributed by atoms with van der Waals surface area (Å²) in [7, 11) is 1.30. The number of nitrogens with one attached hydrogen (secondary N) is 1. The van der Waals surface area contributed by atoms with Crippen molar-refractivity contribution in [1.29, 1.82) is 0 Å². The summed E-state index contributed by atoms with van der Waals surface area (Å²) < 4.78 is 17.9. The van der Waals surface area contributed by atoms with E-state index in [-0.39, 0.29) is 36.4 Å². The normalized spacial score (nSPS) is 17.4. The van der Waals surface area contributed by atoms with Crippen molar-refractivity contribution in [2.24, 2.45) is 0 Å². The molecule has 1 fully saturated rings. The first-order valence-corrected chi connectivity index (χ1v) is 7.84. The Balaban J connectivity index is 2.15. The molecule has 6 nitrogen and oxygen atoms in total. The molecule has 0 spiro atoms. The van der Waals surface area contributed by atoms with Gasteiger partial charge in [-0.3, -0.25) is 14.4 Å². The molecule has 1 atom stereocenters. The van der Waals surface area contributed by atoms with Crippen LogP contribution in [0.4, 0.5) is 4.39 Å². The maximum atomic E-state index is 13.3. The average molecular weight is 336 g/mol. The van der Waals surface area contributed by atoms with Crippen molar-refractivity contribution in [3.05, 3.63) is 35.1 Å². The van der Waals surface area contributed by atoms with E-state index in [0.29, 0.717) is 30.6 Å². The van der Waals surface area contributed by atoms with E-state index in [1.165, 1.54) is 30.2 Å². The zero-order valence-corrected chi connectivity index (χ0v) is 13.8.